The highest BCUT2D eigenvalue weighted by Gasteiger charge is 2.24. The van der Waals surface area contributed by atoms with Crippen LogP contribution in [0, 0.1) is 0 Å². The standard InChI is InChI=1S/C16H15N3O2S/c20-14(21)9-12-15(10-5-3-4-8-17-10)18-16-19(12)11-6-1-2-7-13(11)22-16/h3-5,8H,1-2,6-7,9H2,(H,20,21). The molecule has 0 fully saturated rings. The van der Waals surface area contributed by atoms with E-state index in [0.717, 1.165) is 35.6 Å². The van der Waals surface area contributed by atoms with Crippen molar-refractivity contribution in [2.75, 3.05) is 0 Å². The van der Waals surface area contributed by atoms with Gasteiger partial charge in [-0.15, -0.1) is 11.3 Å². The van der Waals surface area contributed by atoms with E-state index in [2.05, 4.69) is 9.38 Å². The molecule has 22 heavy (non-hydrogen) atoms. The van der Waals surface area contributed by atoms with Crippen molar-refractivity contribution in [3.63, 3.8) is 0 Å². The molecule has 0 amide bonds. The third-order valence-electron chi connectivity index (χ3n) is 4.04. The number of aromatic nitrogens is 3. The number of pyridine rings is 1. The Bertz CT molecular complexity index is 851. The van der Waals surface area contributed by atoms with Crippen LogP contribution in [0.2, 0.25) is 0 Å². The van der Waals surface area contributed by atoms with Gasteiger partial charge in [0.1, 0.15) is 5.69 Å². The molecule has 0 unspecified atom stereocenters. The molecule has 0 saturated carbocycles. The smallest absolute Gasteiger partial charge is 0.309 e. The summed E-state index contributed by atoms with van der Waals surface area (Å²) >= 11 is 1.69. The number of aryl methyl sites for hydroxylation is 2. The Balaban J connectivity index is 1.97. The van der Waals surface area contributed by atoms with Crippen LogP contribution in [-0.2, 0) is 24.1 Å². The van der Waals surface area contributed by atoms with Crippen LogP contribution in [0.4, 0.5) is 0 Å². The Hall–Kier alpha value is -2.21. The predicted octanol–water partition coefficient (Wildman–Crippen LogP) is 2.96. The monoisotopic (exact) mass is 313 g/mol. The van der Waals surface area contributed by atoms with Gasteiger partial charge in [0, 0.05) is 16.8 Å². The van der Waals surface area contributed by atoms with E-state index in [4.69, 9.17) is 4.98 Å². The molecule has 1 aliphatic carbocycles. The number of nitrogens with zero attached hydrogens (tertiary/aromatic N) is 3. The predicted molar refractivity (Wildman–Crippen MR) is 84.3 cm³/mol. The Kier molecular flexibility index (Phi) is 3.18. The van der Waals surface area contributed by atoms with Crippen molar-refractivity contribution >= 4 is 22.3 Å². The summed E-state index contributed by atoms with van der Waals surface area (Å²) in [5.74, 6) is -0.838. The lowest BCUT2D eigenvalue weighted by molar-refractivity contribution is -0.136. The second-order valence-corrected chi connectivity index (χ2v) is 6.55. The van der Waals surface area contributed by atoms with Crippen LogP contribution in [0.1, 0.15) is 29.1 Å². The molecule has 5 nitrogen and oxygen atoms in total. The van der Waals surface area contributed by atoms with Gasteiger partial charge in [0.15, 0.2) is 4.96 Å². The number of fused-ring (bicyclic) bond motifs is 3. The fourth-order valence-electron chi connectivity index (χ4n) is 3.11. The molecule has 6 heteroatoms. The van der Waals surface area contributed by atoms with Gasteiger partial charge in [-0.1, -0.05) is 6.07 Å². The summed E-state index contributed by atoms with van der Waals surface area (Å²) in [4.78, 5) is 22.6. The van der Waals surface area contributed by atoms with Crippen molar-refractivity contribution in [1.82, 2.24) is 14.4 Å². The maximum Gasteiger partial charge on any atom is 0.309 e. The van der Waals surface area contributed by atoms with E-state index in [1.807, 2.05) is 18.2 Å². The minimum atomic E-state index is -0.838. The molecule has 0 radical (unpaired) electrons. The van der Waals surface area contributed by atoms with Gasteiger partial charge >= 0.3 is 5.97 Å². The zero-order valence-electron chi connectivity index (χ0n) is 12.0. The number of carboxylic acids is 1. The molecule has 0 atom stereocenters. The molecule has 3 aromatic heterocycles. The zero-order valence-corrected chi connectivity index (χ0v) is 12.8. The number of hydrogen-bond acceptors (Lipinski definition) is 4. The van der Waals surface area contributed by atoms with Crippen molar-refractivity contribution in [3.05, 3.63) is 40.7 Å². The van der Waals surface area contributed by atoms with E-state index in [1.165, 1.54) is 17.0 Å². The van der Waals surface area contributed by atoms with E-state index in [0.29, 0.717) is 5.69 Å². The fourth-order valence-corrected chi connectivity index (χ4v) is 4.34. The normalized spacial score (nSPS) is 14.2. The molecule has 0 saturated heterocycles. The van der Waals surface area contributed by atoms with E-state index in [1.54, 1.807) is 17.5 Å². The van der Waals surface area contributed by atoms with Gasteiger partial charge in [0.2, 0.25) is 0 Å². The highest BCUT2D eigenvalue weighted by atomic mass is 32.1. The second-order valence-electron chi connectivity index (χ2n) is 5.49. The Labute approximate surface area is 131 Å². The molecule has 0 spiro atoms. The number of aliphatic carboxylic acids is 1. The SMILES string of the molecule is O=C(O)Cc1c(-c2ccccn2)nc2sc3c(n12)CCCC3. The van der Waals surface area contributed by atoms with Crippen LogP contribution in [-0.4, -0.2) is 25.4 Å². The molecule has 112 valence electrons. The fraction of sp³-hybridized carbons (Fsp3) is 0.312. The van der Waals surface area contributed by atoms with Crippen LogP contribution in [0.15, 0.2) is 24.4 Å². The van der Waals surface area contributed by atoms with Gasteiger partial charge in [0.25, 0.3) is 0 Å². The minimum Gasteiger partial charge on any atom is -0.481 e. The second kappa shape index (κ2) is 5.21. The molecule has 0 aromatic carbocycles. The first kappa shape index (κ1) is 13.5. The summed E-state index contributed by atoms with van der Waals surface area (Å²) in [6, 6.07) is 5.63. The maximum absolute atomic E-state index is 11.3. The lowest BCUT2D eigenvalue weighted by Crippen LogP contribution is -2.09. The number of hydrogen-bond donors (Lipinski definition) is 1. The third kappa shape index (κ3) is 2.11. The number of imidazole rings is 1. The molecular formula is C16H15N3O2S. The lowest BCUT2D eigenvalue weighted by atomic mass is 10.0. The number of carboxylic acid groups (broad SMARTS) is 1. The lowest BCUT2D eigenvalue weighted by Gasteiger charge is -2.12. The summed E-state index contributed by atoms with van der Waals surface area (Å²) < 4.78 is 2.07. The van der Waals surface area contributed by atoms with Crippen LogP contribution >= 0.6 is 11.3 Å². The summed E-state index contributed by atoms with van der Waals surface area (Å²) in [6.45, 7) is 0. The van der Waals surface area contributed by atoms with Crippen molar-refractivity contribution in [1.29, 1.82) is 0 Å². The van der Waals surface area contributed by atoms with E-state index in [9.17, 15) is 9.90 Å². The van der Waals surface area contributed by atoms with Gasteiger partial charge in [-0.05, 0) is 37.8 Å². The van der Waals surface area contributed by atoms with Crippen LogP contribution in [0.25, 0.3) is 16.3 Å². The molecule has 0 bridgehead atoms. The molecule has 3 aromatic rings. The Morgan fingerprint density at radius 1 is 1.32 bits per heavy atom. The average Bonchev–Trinajstić information content (AvgIpc) is 3.04. The largest absolute Gasteiger partial charge is 0.481 e. The van der Waals surface area contributed by atoms with Gasteiger partial charge in [-0.25, -0.2) is 4.98 Å². The number of thiazole rings is 1. The Morgan fingerprint density at radius 2 is 2.18 bits per heavy atom. The highest BCUT2D eigenvalue weighted by molar-refractivity contribution is 7.17. The topological polar surface area (TPSA) is 67.5 Å². The summed E-state index contributed by atoms with van der Waals surface area (Å²) in [6.07, 6.45) is 6.12. The van der Waals surface area contributed by atoms with Crippen LogP contribution < -0.4 is 0 Å². The van der Waals surface area contributed by atoms with E-state index >= 15 is 0 Å². The molecule has 4 rings (SSSR count). The molecular weight excluding hydrogens is 298 g/mol. The summed E-state index contributed by atoms with van der Waals surface area (Å²) in [7, 11) is 0. The Morgan fingerprint density at radius 3 is 2.95 bits per heavy atom. The molecule has 1 N–H and O–H groups in total. The first-order valence-corrected chi connectivity index (χ1v) is 8.21. The van der Waals surface area contributed by atoms with Crippen LogP contribution in [0.5, 0.6) is 0 Å². The van der Waals surface area contributed by atoms with Gasteiger partial charge in [0.05, 0.1) is 17.8 Å². The first-order chi connectivity index (χ1) is 10.7. The molecule has 1 aliphatic rings. The van der Waals surface area contributed by atoms with Gasteiger partial charge < -0.3 is 5.11 Å². The van der Waals surface area contributed by atoms with Crippen molar-refractivity contribution in [2.45, 2.75) is 32.1 Å². The summed E-state index contributed by atoms with van der Waals surface area (Å²) in [5, 5.41) is 9.30. The zero-order chi connectivity index (χ0) is 15.1. The first-order valence-electron chi connectivity index (χ1n) is 7.39. The van der Waals surface area contributed by atoms with Crippen molar-refractivity contribution in [2.24, 2.45) is 0 Å². The molecule has 0 aliphatic heterocycles. The van der Waals surface area contributed by atoms with Crippen LogP contribution in [0.3, 0.4) is 0 Å². The van der Waals surface area contributed by atoms with Gasteiger partial charge in [-0.3, -0.25) is 14.2 Å². The van der Waals surface area contributed by atoms with E-state index < -0.39 is 5.97 Å². The van der Waals surface area contributed by atoms with Crippen molar-refractivity contribution in [3.8, 4) is 11.4 Å². The number of rotatable bonds is 3. The molecule has 3 heterocycles. The number of carbonyl (C=O) groups is 1. The minimum absolute atomic E-state index is 0.0315. The maximum atomic E-state index is 11.3. The highest BCUT2D eigenvalue weighted by Crippen LogP contribution is 2.34. The quantitative estimate of drug-likeness (QED) is 0.807. The third-order valence-corrected chi connectivity index (χ3v) is 5.18. The summed E-state index contributed by atoms with van der Waals surface area (Å²) in [5.41, 5.74) is 3.43. The van der Waals surface area contributed by atoms with Crippen molar-refractivity contribution < 1.29 is 9.90 Å². The van der Waals surface area contributed by atoms with Gasteiger partial charge in [-0.2, -0.15) is 0 Å². The van der Waals surface area contributed by atoms with E-state index in [-0.39, 0.29) is 6.42 Å². The average molecular weight is 313 g/mol.